The monoisotopic (exact) mass is 234 g/mol. The highest BCUT2D eigenvalue weighted by molar-refractivity contribution is 7.13. The van der Waals surface area contributed by atoms with E-state index in [4.69, 9.17) is 5.73 Å². The van der Waals surface area contributed by atoms with E-state index in [9.17, 15) is 0 Å². The zero-order valence-corrected chi connectivity index (χ0v) is 9.70. The van der Waals surface area contributed by atoms with E-state index in [-0.39, 0.29) is 0 Å². The third-order valence-electron chi connectivity index (χ3n) is 2.10. The second-order valence-electron chi connectivity index (χ2n) is 3.36. The molecule has 0 radical (unpaired) electrons. The average Bonchev–Trinajstić information content (AvgIpc) is 2.76. The number of hydrogen-bond acceptors (Lipinski definition) is 5. The van der Waals surface area contributed by atoms with Crippen molar-refractivity contribution in [3.63, 3.8) is 0 Å². The summed E-state index contributed by atoms with van der Waals surface area (Å²) in [6.45, 7) is 1.35. The Morgan fingerprint density at radius 2 is 2.25 bits per heavy atom. The molecule has 0 atom stereocenters. The van der Waals surface area contributed by atoms with E-state index >= 15 is 0 Å². The summed E-state index contributed by atoms with van der Waals surface area (Å²) in [5.74, 6) is 0. The molecular formula is C11H14N4S. The Kier molecular flexibility index (Phi) is 3.85. The highest BCUT2D eigenvalue weighted by Gasteiger charge is 2.00. The zero-order valence-electron chi connectivity index (χ0n) is 8.89. The van der Waals surface area contributed by atoms with Crippen LogP contribution in [0.15, 0.2) is 29.8 Å². The predicted octanol–water partition coefficient (Wildman–Crippen LogP) is 1.65. The second-order valence-corrected chi connectivity index (χ2v) is 4.22. The third kappa shape index (κ3) is 3.01. The molecule has 2 rings (SSSR count). The molecule has 0 bridgehead atoms. The van der Waals surface area contributed by atoms with Crippen molar-refractivity contribution in [3.8, 4) is 0 Å². The van der Waals surface area contributed by atoms with E-state index in [0.29, 0.717) is 13.1 Å². The summed E-state index contributed by atoms with van der Waals surface area (Å²) in [6, 6.07) is 5.87. The molecule has 0 fully saturated rings. The van der Waals surface area contributed by atoms with Gasteiger partial charge >= 0.3 is 0 Å². The summed E-state index contributed by atoms with van der Waals surface area (Å²) < 4.78 is 0. The Labute approximate surface area is 98.6 Å². The van der Waals surface area contributed by atoms with Gasteiger partial charge in [0.2, 0.25) is 0 Å². The van der Waals surface area contributed by atoms with Crippen LogP contribution in [0.25, 0.3) is 0 Å². The SMILES string of the molecule is NCCc1csc(NCc2ccccn2)n1. The van der Waals surface area contributed by atoms with Gasteiger partial charge < -0.3 is 11.1 Å². The maximum atomic E-state index is 5.47. The lowest BCUT2D eigenvalue weighted by molar-refractivity contribution is 0.932. The van der Waals surface area contributed by atoms with Gasteiger partial charge in [-0.15, -0.1) is 11.3 Å². The molecule has 2 aromatic rings. The molecule has 3 N–H and O–H groups in total. The van der Waals surface area contributed by atoms with Gasteiger partial charge in [-0.25, -0.2) is 4.98 Å². The molecule has 0 aliphatic rings. The molecule has 0 aliphatic heterocycles. The first-order valence-electron chi connectivity index (χ1n) is 5.17. The van der Waals surface area contributed by atoms with Gasteiger partial charge in [-0.1, -0.05) is 6.07 Å². The molecule has 5 heteroatoms. The van der Waals surface area contributed by atoms with Gasteiger partial charge in [0.15, 0.2) is 5.13 Å². The van der Waals surface area contributed by atoms with Crippen molar-refractivity contribution in [2.24, 2.45) is 5.73 Å². The van der Waals surface area contributed by atoms with Gasteiger partial charge in [-0.3, -0.25) is 4.98 Å². The molecule has 2 heterocycles. The number of nitrogens with one attached hydrogen (secondary N) is 1. The quantitative estimate of drug-likeness (QED) is 0.825. The van der Waals surface area contributed by atoms with Crippen LogP contribution >= 0.6 is 11.3 Å². The van der Waals surface area contributed by atoms with E-state index < -0.39 is 0 Å². The van der Waals surface area contributed by atoms with Crippen LogP contribution in [0.2, 0.25) is 0 Å². The number of anilines is 1. The highest BCUT2D eigenvalue weighted by atomic mass is 32.1. The van der Waals surface area contributed by atoms with Gasteiger partial charge in [0.1, 0.15) is 0 Å². The fraction of sp³-hybridized carbons (Fsp3) is 0.273. The van der Waals surface area contributed by atoms with Crippen LogP contribution in [0.3, 0.4) is 0 Å². The number of nitrogens with two attached hydrogens (primary N) is 1. The fourth-order valence-corrected chi connectivity index (χ4v) is 2.06. The van der Waals surface area contributed by atoms with Gasteiger partial charge in [-0.05, 0) is 18.7 Å². The largest absolute Gasteiger partial charge is 0.356 e. The van der Waals surface area contributed by atoms with Crippen LogP contribution < -0.4 is 11.1 Å². The van der Waals surface area contributed by atoms with E-state index in [1.165, 1.54) is 0 Å². The van der Waals surface area contributed by atoms with Crippen LogP contribution in [0.4, 0.5) is 5.13 Å². The molecule has 0 saturated carbocycles. The Hall–Kier alpha value is -1.46. The van der Waals surface area contributed by atoms with Crippen LogP contribution in [-0.4, -0.2) is 16.5 Å². The van der Waals surface area contributed by atoms with E-state index in [0.717, 1.165) is 22.9 Å². The van der Waals surface area contributed by atoms with Crippen LogP contribution in [0, 0.1) is 0 Å². The standard InChI is InChI=1S/C11H14N4S/c12-5-4-10-8-16-11(15-10)14-7-9-3-1-2-6-13-9/h1-3,6,8H,4-5,7,12H2,(H,14,15). The molecule has 4 nitrogen and oxygen atoms in total. The summed E-state index contributed by atoms with van der Waals surface area (Å²) in [7, 11) is 0. The minimum absolute atomic E-state index is 0.642. The van der Waals surface area contributed by atoms with Crippen LogP contribution in [0.5, 0.6) is 0 Å². The lowest BCUT2D eigenvalue weighted by atomic mass is 10.3. The van der Waals surface area contributed by atoms with Crippen molar-refractivity contribution in [2.75, 3.05) is 11.9 Å². The smallest absolute Gasteiger partial charge is 0.183 e. The topological polar surface area (TPSA) is 63.8 Å². The molecule has 0 amide bonds. The maximum Gasteiger partial charge on any atom is 0.183 e. The number of thiazole rings is 1. The molecule has 0 aromatic carbocycles. The normalized spacial score (nSPS) is 10.3. The molecular weight excluding hydrogens is 220 g/mol. The molecule has 0 saturated heterocycles. The summed E-state index contributed by atoms with van der Waals surface area (Å²) >= 11 is 1.60. The minimum Gasteiger partial charge on any atom is -0.356 e. The first-order valence-corrected chi connectivity index (χ1v) is 6.04. The fourth-order valence-electron chi connectivity index (χ4n) is 1.32. The van der Waals surface area contributed by atoms with E-state index in [1.54, 1.807) is 17.5 Å². The number of nitrogens with zero attached hydrogens (tertiary/aromatic N) is 2. The number of rotatable bonds is 5. The minimum atomic E-state index is 0.642. The highest BCUT2D eigenvalue weighted by Crippen LogP contribution is 2.16. The molecule has 16 heavy (non-hydrogen) atoms. The van der Waals surface area contributed by atoms with Crippen molar-refractivity contribution < 1.29 is 0 Å². The Morgan fingerprint density at radius 1 is 1.31 bits per heavy atom. The summed E-state index contributed by atoms with van der Waals surface area (Å²) in [5, 5.41) is 6.20. The molecule has 2 aromatic heterocycles. The van der Waals surface area contributed by atoms with Crippen LogP contribution in [0.1, 0.15) is 11.4 Å². The second kappa shape index (κ2) is 5.58. The lowest BCUT2D eigenvalue weighted by Crippen LogP contribution is -2.04. The van der Waals surface area contributed by atoms with Crippen LogP contribution in [-0.2, 0) is 13.0 Å². The Bertz CT molecular complexity index is 427. The van der Waals surface area contributed by atoms with Gasteiger partial charge in [-0.2, -0.15) is 0 Å². The van der Waals surface area contributed by atoms with Crippen molar-refractivity contribution in [2.45, 2.75) is 13.0 Å². The third-order valence-corrected chi connectivity index (χ3v) is 2.95. The molecule has 0 unspecified atom stereocenters. The number of pyridine rings is 1. The van der Waals surface area contributed by atoms with E-state index in [2.05, 4.69) is 15.3 Å². The molecule has 0 aliphatic carbocycles. The van der Waals surface area contributed by atoms with Crippen molar-refractivity contribution >= 4 is 16.5 Å². The molecule has 84 valence electrons. The first kappa shape index (κ1) is 11.0. The predicted molar refractivity (Wildman–Crippen MR) is 66.4 cm³/mol. The maximum absolute atomic E-state index is 5.47. The summed E-state index contributed by atoms with van der Waals surface area (Å²) in [6.07, 6.45) is 2.63. The Morgan fingerprint density at radius 3 is 3.00 bits per heavy atom. The van der Waals surface area contributed by atoms with E-state index in [1.807, 2.05) is 23.6 Å². The zero-order chi connectivity index (χ0) is 11.2. The summed E-state index contributed by atoms with van der Waals surface area (Å²) in [4.78, 5) is 8.65. The van der Waals surface area contributed by atoms with Gasteiger partial charge in [0.05, 0.1) is 17.9 Å². The van der Waals surface area contributed by atoms with Crippen molar-refractivity contribution in [1.29, 1.82) is 0 Å². The van der Waals surface area contributed by atoms with Gasteiger partial charge in [0, 0.05) is 18.0 Å². The average molecular weight is 234 g/mol. The van der Waals surface area contributed by atoms with Crippen molar-refractivity contribution in [3.05, 3.63) is 41.2 Å². The number of hydrogen-bond donors (Lipinski definition) is 2. The van der Waals surface area contributed by atoms with Crippen molar-refractivity contribution in [1.82, 2.24) is 9.97 Å². The molecule has 0 spiro atoms. The number of aromatic nitrogens is 2. The lowest BCUT2D eigenvalue weighted by Gasteiger charge is -2.00. The summed E-state index contributed by atoms with van der Waals surface area (Å²) in [5.41, 5.74) is 7.53. The first-order chi connectivity index (χ1) is 7.88. The van der Waals surface area contributed by atoms with Gasteiger partial charge in [0.25, 0.3) is 0 Å². The Balaban J connectivity index is 1.89.